The summed E-state index contributed by atoms with van der Waals surface area (Å²) in [6, 6.07) is 8.06. The third-order valence-electron chi connectivity index (χ3n) is 6.02. The zero-order valence-electron chi connectivity index (χ0n) is 13.4. The van der Waals surface area contributed by atoms with E-state index in [1.165, 1.54) is 51.1 Å². The minimum atomic E-state index is -0.346. The number of aromatic amines is 1. The number of hydrogen-bond donors (Lipinski definition) is 2. The number of benzene rings is 1. The van der Waals surface area contributed by atoms with Gasteiger partial charge in [-0.1, -0.05) is 12.1 Å². The lowest BCUT2D eigenvalue weighted by Crippen LogP contribution is -2.37. The maximum atomic E-state index is 12.2. The van der Waals surface area contributed by atoms with E-state index in [1.54, 1.807) is 6.07 Å². The van der Waals surface area contributed by atoms with Crippen LogP contribution >= 0.6 is 0 Å². The molecule has 4 heteroatoms. The van der Waals surface area contributed by atoms with E-state index < -0.39 is 0 Å². The van der Waals surface area contributed by atoms with Crippen LogP contribution in [0.25, 0.3) is 10.9 Å². The van der Waals surface area contributed by atoms with Gasteiger partial charge in [0.1, 0.15) is 5.56 Å². The Morgan fingerprint density at radius 3 is 2.52 bits per heavy atom. The summed E-state index contributed by atoms with van der Waals surface area (Å²) < 4.78 is 0. The van der Waals surface area contributed by atoms with Crippen molar-refractivity contribution >= 4 is 16.8 Å². The van der Waals surface area contributed by atoms with Gasteiger partial charge in [-0.2, -0.15) is 0 Å². The number of aromatic nitrogens is 1. The van der Waals surface area contributed by atoms with E-state index in [1.807, 2.05) is 6.07 Å². The molecule has 3 fully saturated rings. The molecule has 120 valence electrons. The summed E-state index contributed by atoms with van der Waals surface area (Å²) in [4.78, 5) is 26.8. The molecule has 1 aromatic carbocycles. The van der Waals surface area contributed by atoms with Crippen molar-refractivity contribution in [2.75, 3.05) is 7.05 Å². The maximum Gasteiger partial charge on any atom is 0.261 e. The smallest absolute Gasteiger partial charge is 0.261 e. The number of amides is 1. The van der Waals surface area contributed by atoms with Gasteiger partial charge in [0.2, 0.25) is 0 Å². The quantitative estimate of drug-likeness (QED) is 0.895. The monoisotopic (exact) mass is 310 g/mol. The van der Waals surface area contributed by atoms with E-state index in [4.69, 9.17) is 0 Å². The van der Waals surface area contributed by atoms with Crippen molar-refractivity contribution in [2.24, 2.45) is 5.92 Å². The number of carbonyl (C=O) groups excluding carboxylic acids is 1. The first kappa shape index (κ1) is 14.5. The van der Waals surface area contributed by atoms with Crippen LogP contribution in [0.5, 0.6) is 0 Å². The molecule has 2 bridgehead atoms. The highest BCUT2D eigenvalue weighted by molar-refractivity contribution is 5.97. The number of H-pyrrole nitrogens is 1. The van der Waals surface area contributed by atoms with Gasteiger partial charge in [0, 0.05) is 12.6 Å². The van der Waals surface area contributed by atoms with Crippen LogP contribution in [0.15, 0.2) is 29.1 Å². The lowest BCUT2D eigenvalue weighted by atomic mass is 9.58. The second kappa shape index (κ2) is 5.22. The van der Waals surface area contributed by atoms with Crippen molar-refractivity contribution in [3.05, 3.63) is 45.7 Å². The normalized spacial score (nSPS) is 26.4. The summed E-state index contributed by atoms with van der Waals surface area (Å²) in [6.45, 7) is 0. The molecule has 1 heterocycles. The second-order valence-electron chi connectivity index (χ2n) is 7.16. The van der Waals surface area contributed by atoms with Crippen molar-refractivity contribution in [1.82, 2.24) is 10.3 Å². The zero-order valence-corrected chi connectivity index (χ0v) is 13.4. The topological polar surface area (TPSA) is 62.0 Å². The maximum absolute atomic E-state index is 12.2. The first-order valence-corrected chi connectivity index (χ1v) is 8.51. The molecule has 0 aliphatic heterocycles. The van der Waals surface area contributed by atoms with Crippen LogP contribution in [-0.2, 0) is 5.41 Å². The van der Waals surface area contributed by atoms with Gasteiger partial charge in [-0.3, -0.25) is 9.59 Å². The molecule has 0 spiro atoms. The molecule has 5 rings (SSSR count). The Hall–Kier alpha value is -2.10. The minimum absolute atomic E-state index is 0.170. The highest BCUT2D eigenvalue weighted by Gasteiger charge is 2.41. The van der Waals surface area contributed by atoms with Gasteiger partial charge in [-0.15, -0.1) is 0 Å². The van der Waals surface area contributed by atoms with Gasteiger partial charge in [-0.05, 0) is 72.9 Å². The third kappa shape index (κ3) is 2.28. The molecule has 3 aliphatic rings. The van der Waals surface area contributed by atoms with Gasteiger partial charge in [0.25, 0.3) is 11.5 Å². The Morgan fingerprint density at radius 1 is 1.17 bits per heavy atom. The molecule has 4 nitrogen and oxygen atoms in total. The van der Waals surface area contributed by atoms with Crippen molar-refractivity contribution in [2.45, 2.75) is 43.9 Å². The fourth-order valence-corrected chi connectivity index (χ4v) is 4.52. The van der Waals surface area contributed by atoms with Crippen molar-refractivity contribution in [1.29, 1.82) is 0 Å². The van der Waals surface area contributed by atoms with E-state index in [0.29, 0.717) is 5.41 Å². The standard InChI is InChI=1S/C19H22N2O2/c1-20-17(22)15-10-13-2-3-14(11-16(13)21-18(15)23)19-7-4-12(5-8-19)6-9-19/h2-3,10-12H,4-9H2,1H3,(H,20,22)(H,21,23). The number of carbonyl (C=O) groups is 1. The number of fused-ring (bicyclic) bond motifs is 4. The molecule has 0 unspecified atom stereocenters. The number of nitrogens with one attached hydrogen (secondary N) is 2. The Labute approximate surface area is 135 Å². The van der Waals surface area contributed by atoms with Crippen LogP contribution in [0, 0.1) is 5.92 Å². The van der Waals surface area contributed by atoms with Crippen molar-refractivity contribution in [3.8, 4) is 0 Å². The summed E-state index contributed by atoms with van der Waals surface area (Å²) >= 11 is 0. The van der Waals surface area contributed by atoms with Gasteiger partial charge in [-0.25, -0.2) is 0 Å². The molecule has 3 aliphatic carbocycles. The largest absolute Gasteiger partial charge is 0.355 e. The fraction of sp³-hybridized carbons (Fsp3) is 0.474. The molecule has 2 N–H and O–H groups in total. The minimum Gasteiger partial charge on any atom is -0.355 e. The zero-order chi connectivity index (χ0) is 16.0. The van der Waals surface area contributed by atoms with E-state index in [0.717, 1.165) is 16.8 Å². The number of rotatable bonds is 2. The van der Waals surface area contributed by atoms with Crippen LogP contribution in [0.1, 0.15) is 54.4 Å². The van der Waals surface area contributed by atoms with Crippen LogP contribution < -0.4 is 10.9 Å². The Bertz CT molecular complexity index is 815. The lowest BCUT2D eigenvalue weighted by Gasteiger charge is -2.47. The molecular weight excluding hydrogens is 288 g/mol. The highest BCUT2D eigenvalue weighted by Crippen LogP contribution is 2.51. The van der Waals surface area contributed by atoms with Gasteiger partial charge in [0.15, 0.2) is 0 Å². The molecular formula is C19H22N2O2. The van der Waals surface area contributed by atoms with Gasteiger partial charge in [0.05, 0.1) is 0 Å². The Morgan fingerprint density at radius 2 is 1.87 bits per heavy atom. The van der Waals surface area contributed by atoms with Crippen LogP contribution in [0.4, 0.5) is 0 Å². The summed E-state index contributed by atoms with van der Waals surface area (Å²) in [5.41, 5.74) is 2.34. The van der Waals surface area contributed by atoms with E-state index in [9.17, 15) is 9.59 Å². The summed E-state index contributed by atoms with van der Waals surface area (Å²) in [6.07, 6.45) is 7.82. The highest BCUT2D eigenvalue weighted by atomic mass is 16.2. The average Bonchev–Trinajstić information content (AvgIpc) is 2.61. The average molecular weight is 310 g/mol. The number of pyridine rings is 1. The molecule has 2 aromatic rings. The lowest BCUT2D eigenvalue weighted by molar-refractivity contribution is 0.0962. The first-order chi connectivity index (χ1) is 11.1. The Balaban J connectivity index is 1.79. The summed E-state index contributed by atoms with van der Waals surface area (Å²) in [7, 11) is 1.54. The molecule has 23 heavy (non-hydrogen) atoms. The van der Waals surface area contributed by atoms with E-state index >= 15 is 0 Å². The number of hydrogen-bond acceptors (Lipinski definition) is 2. The van der Waals surface area contributed by atoms with E-state index in [2.05, 4.69) is 22.4 Å². The first-order valence-electron chi connectivity index (χ1n) is 8.51. The summed E-state index contributed by atoms with van der Waals surface area (Å²) in [5, 5.41) is 3.42. The van der Waals surface area contributed by atoms with Gasteiger partial charge >= 0.3 is 0 Å². The molecule has 0 saturated heterocycles. The predicted molar refractivity (Wildman–Crippen MR) is 90.8 cm³/mol. The van der Waals surface area contributed by atoms with Crippen LogP contribution in [0.2, 0.25) is 0 Å². The van der Waals surface area contributed by atoms with Crippen molar-refractivity contribution < 1.29 is 4.79 Å². The van der Waals surface area contributed by atoms with Crippen LogP contribution in [-0.4, -0.2) is 17.9 Å². The fourth-order valence-electron chi connectivity index (χ4n) is 4.52. The predicted octanol–water partition coefficient (Wildman–Crippen LogP) is 3.11. The van der Waals surface area contributed by atoms with E-state index in [-0.39, 0.29) is 17.0 Å². The molecule has 0 atom stereocenters. The SMILES string of the molecule is CNC(=O)c1cc2ccc(C34CCC(CC3)CC4)cc2[nH]c1=O. The molecule has 1 aromatic heterocycles. The van der Waals surface area contributed by atoms with Crippen molar-refractivity contribution in [3.63, 3.8) is 0 Å². The molecule has 1 amide bonds. The van der Waals surface area contributed by atoms with Crippen LogP contribution in [0.3, 0.4) is 0 Å². The van der Waals surface area contributed by atoms with Gasteiger partial charge < -0.3 is 10.3 Å². The molecule has 0 radical (unpaired) electrons. The molecule has 3 saturated carbocycles. The third-order valence-corrected chi connectivity index (χ3v) is 6.02. The second-order valence-corrected chi connectivity index (χ2v) is 7.16. The summed E-state index contributed by atoms with van der Waals surface area (Å²) in [5.74, 6) is 0.591. The Kier molecular flexibility index (Phi) is 3.29.